The molecule has 0 atom stereocenters. The van der Waals surface area contributed by atoms with Crippen molar-refractivity contribution in [1.29, 1.82) is 0 Å². The lowest BCUT2D eigenvalue weighted by molar-refractivity contribution is 0.0944. The molecule has 0 saturated carbocycles. The zero-order chi connectivity index (χ0) is 26.5. The standard InChI is InChI=1S/C28H22ClN7O2/c29-22-12-11-19(23-9-4-10-25(30)33-23)14-21(22)27(37)34-26-15-24(35-36(26)20-7-2-1-3-8-20)28(38)32-17-18-6-5-13-31-16-18/h1-16H,17H2,(H2,30,33)(H,32,38)(H,34,37). The molecule has 0 spiro atoms. The number of benzene rings is 2. The molecule has 0 aliphatic rings. The smallest absolute Gasteiger partial charge is 0.272 e. The van der Waals surface area contributed by atoms with Crippen LogP contribution in [0.3, 0.4) is 0 Å². The third-order valence-electron chi connectivity index (χ3n) is 5.64. The Kier molecular flexibility index (Phi) is 7.10. The first kappa shape index (κ1) is 24.7. The van der Waals surface area contributed by atoms with Crippen LogP contribution in [0.1, 0.15) is 26.4 Å². The Morgan fingerprint density at radius 2 is 1.76 bits per heavy atom. The van der Waals surface area contributed by atoms with Gasteiger partial charge in [0.15, 0.2) is 5.69 Å². The van der Waals surface area contributed by atoms with Crippen LogP contribution in [0.15, 0.2) is 97.3 Å². The lowest BCUT2D eigenvalue weighted by Crippen LogP contribution is -2.23. The van der Waals surface area contributed by atoms with Gasteiger partial charge >= 0.3 is 0 Å². The van der Waals surface area contributed by atoms with E-state index in [1.807, 2.05) is 36.4 Å². The van der Waals surface area contributed by atoms with Gasteiger partial charge in [-0.15, -0.1) is 0 Å². The average Bonchev–Trinajstić information content (AvgIpc) is 3.37. The van der Waals surface area contributed by atoms with E-state index in [9.17, 15) is 9.59 Å². The van der Waals surface area contributed by atoms with Gasteiger partial charge in [0.2, 0.25) is 0 Å². The van der Waals surface area contributed by atoms with Crippen LogP contribution in [0.4, 0.5) is 11.6 Å². The fraction of sp³-hybridized carbons (Fsp3) is 0.0357. The summed E-state index contributed by atoms with van der Waals surface area (Å²) in [6.45, 7) is 0.285. The summed E-state index contributed by atoms with van der Waals surface area (Å²) in [6, 6.07) is 24.6. The Labute approximate surface area is 223 Å². The molecule has 10 heteroatoms. The number of nitrogens with zero attached hydrogens (tertiary/aromatic N) is 4. The molecule has 2 aromatic carbocycles. The zero-order valence-corrected chi connectivity index (χ0v) is 20.8. The highest BCUT2D eigenvalue weighted by Crippen LogP contribution is 2.26. The summed E-state index contributed by atoms with van der Waals surface area (Å²) in [5.74, 6) is -0.201. The highest BCUT2D eigenvalue weighted by molar-refractivity contribution is 6.34. The summed E-state index contributed by atoms with van der Waals surface area (Å²) in [5, 5.41) is 10.4. The molecule has 4 N–H and O–H groups in total. The van der Waals surface area contributed by atoms with Gasteiger partial charge in [-0.1, -0.05) is 48.0 Å². The predicted octanol–water partition coefficient (Wildman–Crippen LogP) is 4.75. The number of nitrogens with two attached hydrogens (primary N) is 1. The van der Waals surface area contributed by atoms with E-state index in [4.69, 9.17) is 17.3 Å². The zero-order valence-electron chi connectivity index (χ0n) is 20.0. The quantitative estimate of drug-likeness (QED) is 0.282. The van der Waals surface area contributed by atoms with E-state index in [-0.39, 0.29) is 22.8 Å². The van der Waals surface area contributed by atoms with Crippen molar-refractivity contribution in [2.75, 3.05) is 11.1 Å². The van der Waals surface area contributed by atoms with Gasteiger partial charge in [0, 0.05) is 30.6 Å². The monoisotopic (exact) mass is 523 g/mol. The maximum Gasteiger partial charge on any atom is 0.272 e. The Bertz CT molecular complexity index is 1600. The normalized spacial score (nSPS) is 10.7. The van der Waals surface area contributed by atoms with Crippen molar-refractivity contribution < 1.29 is 9.59 Å². The van der Waals surface area contributed by atoms with Gasteiger partial charge in [0.05, 0.1) is 22.0 Å². The van der Waals surface area contributed by atoms with Gasteiger partial charge in [-0.25, -0.2) is 9.67 Å². The number of nitrogens with one attached hydrogen (secondary N) is 2. The average molecular weight is 524 g/mol. The number of carbonyl (C=O) groups is 2. The summed E-state index contributed by atoms with van der Waals surface area (Å²) in [7, 11) is 0. The van der Waals surface area contributed by atoms with Crippen LogP contribution in [0.2, 0.25) is 5.02 Å². The van der Waals surface area contributed by atoms with Gasteiger partial charge in [0.1, 0.15) is 11.6 Å². The van der Waals surface area contributed by atoms with E-state index in [0.717, 1.165) is 5.56 Å². The minimum atomic E-state index is -0.472. The minimum Gasteiger partial charge on any atom is -0.384 e. The molecule has 2 amide bonds. The number of halogens is 1. The Morgan fingerprint density at radius 1 is 0.921 bits per heavy atom. The van der Waals surface area contributed by atoms with E-state index in [0.29, 0.717) is 28.6 Å². The summed E-state index contributed by atoms with van der Waals surface area (Å²) in [6.07, 6.45) is 3.33. The number of aromatic nitrogens is 4. The van der Waals surface area contributed by atoms with Crippen LogP contribution in [-0.4, -0.2) is 31.6 Å². The summed E-state index contributed by atoms with van der Waals surface area (Å²) in [5.41, 5.74) is 8.99. The van der Waals surface area contributed by atoms with Gasteiger partial charge in [-0.3, -0.25) is 14.6 Å². The summed E-state index contributed by atoms with van der Waals surface area (Å²) in [4.78, 5) is 34.6. The summed E-state index contributed by atoms with van der Waals surface area (Å²) >= 11 is 6.39. The first-order valence-corrected chi connectivity index (χ1v) is 12.0. The lowest BCUT2D eigenvalue weighted by Gasteiger charge is -2.11. The van der Waals surface area contributed by atoms with Gasteiger partial charge < -0.3 is 16.4 Å². The second kappa shape index (κ2) is 10.9. The second-order valence-corrected chi connectivity index (χ2v) is 8.71. The predicted molar refractivity (Wildman–Crippen MR) is 146 cm³/mol. The molecule has 3 aromatic heterocycles. The van der Waals surface area contributed by atoms with Crippen LogP contribution < -0.4 is 16.4 Å². The van der Waals surface area contributed by atoms with Crippen LogP contribution >= 0.6 is 11.6 Å². The van der Waals surface area contributed by atoms with Crippen molar-refractivity contribution in [2.24, 2.45) is 0 Å². The molecule has 188 valence electrons. The molecule has 3 heterocycles. The van der Waals surface area contributed by atoms with Crippen LogP contribution in [-0.2, 0) is 6.54 Å². The molecular formula is C28H22ClN7O2. The summed E-state index contributed by atoms with van der Waals surface area (Å²) < 4.78 is 1.49. The number of pyridine rings is 2. The molecule has 0 aliphatic carbocycles. The molecular weight excluding hydrogens is 502 g/mol. The first-order valence-electron chi connectivity index (χ1n) is 11.6. The fourth-order valence-electron chi connectivity index (χ4n) is 3.78. The van der Waals surface area contributed by atoms with E-state index >= 15 is 0 Å². The fourth-order valence-corrected chi connectivity index (χ4v) is 3.98. The molecule has 0 fully saturated rings. The molecule has 0 aliphatic heterocycles. The third-order valence-corrected chi connectivity index (χ3v) is 5.97. The van der Waals surface area contributed by atoms with Gasteiger partial charge in [-0.2, -0.15) is 5.10 Å². The van der Waals surface area contributed by atoms with Crippen molar-refractivity contribution >= 4 is 35.1 Å². The number of rotatable bonds is 7. The van der Waals surface area contributed by atoms with E-state index in [1.54, 1.807) is 54.9 Å². The Hall–Kier alpha value is -5.02. The molecule has 0 bridgehead atoms. The van der Waals surface area contributed by atoms with E-state index in [1.165, 1.54) is 10.7 Å². The number of hydrogen-bond donors (Lipinski definition) is 3. The van der Waals surface area contributed by atoms with Crippen molar-refractivity contribution in [3.63, 3.8) is 0 Å². The number of para-hydroxylation sites is 1. The molecule has 0 radical (unpaired) electrons. The van der Waals surface area contributed by atoms with Crippen LogP contribution in [0, 0.1) is 0 Å². The number of hydrogen-bond acceptors (Lipinski definition) is 6. The third kappa shape index (κ3) is 5.53. The van der Waals surface area contributed by atoms with Crippen molar-refractivity contribution in [3.05, 3.63) is 119 Å². The molecule has 9 nitrogen and oxygen atoms in total. The highest BCUT2D eigenvalue weighted by Gasteiger charge is 2.19. The topological polar surface area (TPSA) is 128 Å². The van der Waals surface area contributed by atoms with E-state index < -0.39 is 11.8 Å². The SMILES string of the molecule is Nc1cccc(-c2ccc(Cl)c(C(=O)Nc3cc(C(=O)NCc4cccnc4)nn3-c3ccccc3)c2)n1. The van der Waals surface area contributed by atoms with Gasteiger partial charge in [-0.05, 0) is 48.0 Å². The van der Waals surface area contributed by atoms with Crippen LogP contribution in [0.25, 0.3) is 16.9 Å². The van der Waals surface area contributed by atoms with Gasteiger partial charge in [0.25, 0.3) is 11.8 Å². The number of amides is 2. The highest BCUT2D eigenvalue weighted by atomic mass is 35.5. The first-order chi connectivity index (χ1) is 18.5. The molecule has 5 rings (SSSR count). The Balaban J connectivity index is 1.43. The number of nitrogen functional groups attached to an aromatic ring is 1. The number of carbonyl (C=O) groups excluding carboxylic acids is 2. The molecule has 38 heavy (non-hydrogen) atoms. The Morgan fingerprint density at radius 3 is 2.53 bits per heavy atom. The van der Waals surface area contributed by atoms with Crippen LogP contribution in [0.5, 0.6) is 0 Å². The van der Waals surface area contributed by atoms with E-state index in [2.05, 4.69) is 25.7 Å². The van der Waals surface area contributed by atoms with Crippen molar-refractivity contribution in [1.82, 2.24) is 25.1 Å². The van der Waals surface area contributed by atoms with Crippen molar-refractivity contribution in [3.8, 4) is 16.9 Å². The second-order valence-electron chi connectivity index (χ2n) is 8.30. The molecule has 0 unspecified atom stereocenters. The minimum absolute atomic E-state index is 0.136. The molecule has 0 saturated heterocycles. The largest absolute Gasteiger partial charge is 0.384 e. The molecule has 5 aromatic rings. The maximum absolute atomic E-state index is 13.4. The maximum atomic E-state index is 13.4. The van der Waals surface area contributed by atoms with Crippen molar-refractivity contribution in [2.45, 2.75) is 6.54 Å². The lowest BCUT2D eigenvalue weighted by atomic mass is 10.1. The number of anilines is 2.